The molecule has 0 bridgehead atoms. The van der Waals surface area contributed by atoms with E-state index in [1.54, 1.807) is 25.4 Å². The molecule has 0 saturated heterocycles. The van der Waals surface area contributed by atoms with Crippen molar-refractivity contribution in [1.82, 2.24) is 9.55 Å². The summed E-state index contributed by atoms with van der Waals surface area (Å²) >= 11 is 5.73. The molecule has 0 spiro atoms. The molecule has 0 aromatic carbocycles. The first-order valence-electron chi connectivity index (χ1n) is 4.26. The molecule has 2 aromatic rings. The quantitative estimate of drug-likeness (QED) is 0.537. The van der Waals surface area contributed by atoms with E-state index >= 15 is 0 Å². The maximum atomic E-state index is 11.6. The van der Waals surface area contributed by atoms with Gasteiger partial charge in [0.2, 0.25) is 5.56 Å². The second-order valence-corrected chi connectivity index (χ2v) is 3.55. The van der Waals surface area contributed by atoms with Crippen LogP contribution >= 0.6 is 11.6 Å². The molecule has 6 heteroatoms. The third-order valence-electron chi connectivity index (χ3n) is 2.24. The Bertz CT molecular complexity index is 582. The van der Waals surface area contributed by atoms with Crippen LogP contribution in [0.2, 0.25) is 5.15 Å². The molecule has 1 radical (unpaired) electrons. The van der Waals surface area contributed by atoms with Crippen LogP contribution in [0.5, 0.6) is 0 Å². The van der Waals surface area contributed by atoms with Crippen LogP contribution in [0.4, 0.5) is 0 Å². The minimum Gasteiger partial charge on any atom is -0.450 e. The lowest BCUT2D eigenvalue weighted by Gasteiger charge is -2.06. The van der Waals surface area contributed by atoms with Gasteiger partial charge in [0, 0.05) is 24.1 Å². The predicted octanol–water partition coefficient (Wildman–Crippen LogP) is -0.176. The number of hydrogen-bond donors (Lipinski definition) is 1. The molecular weight excluding hydrogens is 214 g/mol. The van der Waals surface area contributed by atoms with Gasteiger partial charge in [0.05, 0.1) is 5.52 Å². The minimum absolute atomic E-state index is 0.231. The van der Waals surface area contributed by atoms with Gasteiger partial charge in [0.25, 0.3) is 0 Å². The summed E-state index contributed by atoms with van der Waals surface area (Å²) in [5.41, 5.74) is 0.645. The fourth-order valence-corrected chi connectivity index (χ4v) is 1.61. The van der Waals surface area contributed by atoms with Crippen molar-refractivity contribution in [3.63, 3.8) is 0 Å². The number of hydrogen-bond acceptors (Lipinski definition) is 3. The number of halogens is 1. The molecule has 0 saturated carbocycles. The summed E-state index contributed by atoms with van der Waals surface area (Å²) in [4.78, 5) is 15.5. The lowest BCUT2D eigenvalue weighted by atomic mass is 9.89. The van der Waals surface area contributed by atoms with Gasteiger partial charge in [-0.25, -0.2) is 4.98 Å². The Kier molecular flexibility index (Phi) is 2.50. The van der Waals surface area contributed by atoms with E-state index in [0.29, 0.717) is 10.7 Å². The summed E-state index contributed by atoms with van der Waals surface area (Å²) in [7, 11) is 2.41. The van der Waals surface area contributed by atoms with Crippen molar-refractivity contribution in [2.24, 2.45) is 7.05 Å². The fourth-order valence-electron chi connectivity index (χ4n) is 1.46. The van der Waals surface area contributed by atoms with E-state index in [4.69, 9.17) is 16.6 Å². The van der Waals surface area contributed by atoms with Crippen molar-refractivity contribution in [2.45, 2.75) is 0 Å². The zero-order valence-corrected chi connectivity index (χ0v) is 8.69. The van der Waals surface area contributed by atoms with Crippen molar-refractivity contribution in [3.8, 4) is 0 Å². The molecule has 0 atom stereocenters. The summed E-state index contributed by atoms with van der Waals surface area (Å²) in [6.07, 6.45) is 1.56. The van der Waals surface area contributed by atoms with Crippen molar-refractivity contribution in [2.75, 3.05) is 0 Å². The van der Waals surface area contributed by atoms with Crippen LogP contribution in [-0.4, -0.2) is 22.1 Å². The van der Waals surface area contributed by atoms with Gasteiger partial charge in [0.15, 0.2) is 0 Å². The van der Waals surface area contributed by atoms with Gasteiger partial charge in [-0.3, -0.25) is 4.79 Å². The first-order valence-corrected chi connectivity index (χ1v) is 4.64. The predicted molar refractivity (Wildman–Crippen MR) is 59.6 cm³/mol. The molecule has 4 nitrogen and oxygen atoms in total. The monoisotopic (exact) mass is 221 g/mol. The van der Waals surface area contributed by atoms with Crippen LogP contribution in [-0.2, 0) is 7.05 Å². The highest BCUT2D eigenvalue weighted by Gasteiger charge is 2.07. The van der Waals surface area contributed by atoms with Gasteiger partial charge in [0.1, 0.15) is 5.15 Å². The van der Waals surface area contributed by atoms with Gasteiger partial charge in [-0.05, 0) is 12.1 Å². The molecule has 2 rings (SSSR count). The first kappa shape index (κ1) is 10.2. The second-order valence-electron chi connectivity index (χ2n) is 3.16. The Labute approximate surface area is 91.4 Å². The Morgan fingerprint density at radius 3 is 2.93 bits per heavy atom. The van der Waals surface area contributed by atoms with E-state index in [1.807, 2.05) is 0 Å². The molecule has 75 valence electrons. The Hall–Kier alpha value is -1.33. The van der Waals surface area contributed by atoms with Crippen molar-refractivity contribution in [3.05, 3.63) is 33.8 Å². The van der Waals surface area contributed by atoms with E-state index in [-0.39, 0.29) is 11.0 Å². The third-order valence-corrected chi connectivity index (χ3v) is 2.45. The summed E-state index contributed by atoms with van der Waals surface area (Å²) < 4.78 is 1.42. The molecular formula is C9H7BClN2O2. The standard InChI is InChI=1S/C9H7BClN2O2/c1-13-7-3-8(11)12-4-5(7)2-6(10-15)9(13)14/h2-4,15H,1H3. The highest BCUT2D eigenvalue weighted by atomic mass is 35.5. The van der Waals surface area contributed by atoms with Crippen LogP contribution in [0.1, 0.15) is 0 Å². The van der Waals surface area contributed by atoms with Gasteiger partial charge >= 0.3 is 7.48 Å². The van der Waals surface area contributed by atoms with E-state index in [0.717, 1.165) is 12.9 Å². The van der Waals surface area contributed by atoms with Crippen LogP contribution in [0.15, 0.2) is 23.1 Å². The zero-order valence-electron chi connectivity index (χ0n) is 7.94. The molecule has 2 heterocycles. The largest absolute Gasteiger partial charge is 0.450 e. The van der Waals surface area contributed by atoms with Gasteiger partial charge in [-0.15, -0.1) is 0 Å². The second kappa shape index (κ2) is 3.68. The lowest BCUT2D eigenvalue weighted by Crippen LogP contribution is -2.37. The van der Waals surface area contributed by atoms with Gasteiger partial charge in [-0.1, -0.05) is 11.6 Å². The Balaban J connectivity index is 2.91. The van der Waals surface area contributed by atoms with E-state index < -0.39 is 0 Å². The number of aryl methyl sites for hydroxylation is 1. The molecule has 0 fully saturated rings. The Morgan fingerprint density at radius 1 is 1.53 bits per heavy atom. The molecule has 0 aliphatic carbocycles. The molecule has 2 aromatic heterocycles. The van der Waals surface area contributed by atoms with Gasteiger partial charge in [-0.2, -0.15) is 0 Å². The van der Waals surface area contributed by atoms with Crippen molar-refractivity contribution in [1.29, 1.82) is 0 Å². The summed E-state index contributed by atoms with van der Waals surface area (Å²) in [5, 5.41) is 9.96. The Morgan fingerprint density at radius 2 is 2.27 bits per heavy atom. The number of rotatable bonds is 1. The average Bonchev–Trinajstić information content (AvgIpc) is 2.24. The van der Waals surface area contributed by atoms with E-state index in [2.05, 4.69) is 4.98 Å². The number of pyridine rings is 2. The number of aromatic nitrogens is 2. The molecule has 0 aliphatic heterocycles. The maximum Gasteiger partial charge on any atom is 0.332 e. The topological polar surface area (TPSA) is 55.1 Å². The highest BCUT2D eigenvalue weighted by Crippen LogP contribution is 2.13. The fraction of sp³-hybridized carbons (Fsp3) is 0.111. The van der Waals surface area contributed by atoms with Crippen LogP contribution in [0, 0.1) is 0 Å². The zero-order chi connectivity index (χ0) is 11.0. The smallest absolute Gasteiger partial charge is 0.332 e. The molecule has 1 N–H and O–H groups in total. The van der Waals surface area contributed by atoms with Crippen LogP contribution in [0.25, 0.3) is 10.9 Å². The van der Waals surface area contributed by atoms with Crippen molar-refractivity contribution >= 4 is 35.4 Å². The first-order chi connectivity index (χ1) is 7.13. The lowest BCUT2D eigenvalue weighted by molar-refractivity contribution is 0.614. The maximum absolute atomic E-state index is 11.6. The van der Waals surface area contributed by atoms with Crippen molar-refractivity contribution < 1.29 is 5.02 Å². The molecule has 0 aliphatic rings. The summed E-state index contributed by atoms with van der Waals surface area (Å²) in [6.45, 7) is 0. The molecule has 0 unspecified atom stereocenters. The SMILES string of the molecule is Cn1c(=O)c([B]O)cc2cnc(Cl)cc21. The summed E-state index contributed by atoms with van der Waals surface area (Å²) in [5.74, 6) is 0. The average molecular weight is 221 g/mol. The van der Waals surface area contributed by atoms with Crippen LogP contribution in [0.3, 0.4) is 0 Å². The third kappa shape index (κ3) is 1.64. The van der Waals surface area contributed by atoms with E-state index in [1.165, 1.54) is 4.57 Å². The number of fused-ring (bicyclic) bond motifs is 1. The van der Waals surface area contributed by atoms with E-state index in [9.17, 15) is 4.79 Å². The number of nitrogens with zero attached hydrogens (tertiary/aromatic N) is 2. The molecule has 0 amide bonds. The minimum atomic E-state index is -0.271. The van der Waals surface area contributed by atoms with Gasteiger partial charge < -0.3 is 9.59 Å². The highest BCUT2D eigenvalue weighted by molar-refractivity contribution is 6.45. The van der Waals surface area contributed by atoms with Crippen LogP contribution < -0.4 is 11.0 Å². The summed E-state index contributed by atoms with van der Waals surface area (Å²) in [6, 6.07) is 3.18. The normalized spacial score (nSPS) is 10.6. The molecule has 15 heavy (non-hydrogen) atoms.